The minimum absolute atomic E-state index is 0.868. The van der Waals surface area contributed by atoms with Gasteiger partial charge in [0.25, 0.3) is 0 Å². The van der Waals surface area contributed by atoms with Crippen molar-refractivity contribution in [2.45, 2.75) is 46.5 Å². The van der Waals surface area contributed by atoms with Gasteiger partial charge in [-0.3, -0.25) is 0 Å². The molecule has 0 amide bonds. The van der Waals surface area contributed by atoms with Crippen molar-refractivity contribution in [3.8, 4) is 0 Å². The van der Waals surface area contributed by atoms with Crippen LogP contribution in [0, 0.1) is 18.8 Å². The molecule has 0 heterocycles. The molecule has 2 N–H and O–H groups in total. The zero-order valence-corrected chi connectivity index (χ0v) is 10.9. The standard InChI is InChI=1S/C8H16.C7H9N/c1-7-3-5-8(2)6-4-7;1-6-4-2-3-5-7(6)8/h7-8H,3-6H2,1-2H3;2-5H,8H2,1H3. The fraction of sp³-hybridized carbons (Fsp3) is 0.600. The Morgan fingerprint density at radius 2 is 1.38 bits per heavy atom. The molecule has 0 aliphatic heterocycles. The molecule has 1 heteroatoms. The Labute approximate surface area is 100 Å². The molecule has 90 valence electrons. The Morgan fingerprint density at radius 1 is 0.938 bits per heavy atom. The number of nitrogens with two attached hydrogens (primary N) is 1. The van der Waals surface area contributed by atoms with Crippen molar-refractivity contribution >= 4 is 5.69 Å². The van der Waals surface area contributed by atoms with Gasteiger partial charge >= 0.3 is 0 Å². The third-order valence-corrected chi connectivity index (χ3v) is 3.49. The smallest absolute Gasteiger partial charge is 0.0343 e. The van der Waals surface area contributed by atoms with Gasteiger partial charge in [0.1, 0.15) is 0 Å². The summed E-state index contributed by atoms with van der Waals surface area (Å²) in [6.07, 6.45) is 5.89. The van der Waals surface area contributed by atoms with Gasteiger partial charge in [0.05, 0.1) is 0 Å². The molecule has 0 bridgehead atoms. The average Bonchev–Trinajstić information content (AvgIpc) is 2.28. The molecule has 0 spiro atoms. The third-order valence-electron chi connectivity index (χ3n) is 3.49. The van der Waals surface area contributed by atoms with Gasteiger partial charge in [0, 0.05) is 5.69 Å². The highest BCUT2D eigenvalue weighted by atomic mass is 14.5. The summed E-state index contributed by atoms with van der Waals surface area (Å²) in [5.74, 6) is 2.04. The fourth-order valence-corrected chi connectivity index (χ4v) is 2.01. The molecule has 1 fully saturated rings. The monoisotopic (exact) mass is 219 g/mol. The Bertz CT molecular complexity index is 267. The van der Waals surface area contributed by atoms with Crippen LogP contribution in [0.5, 0.6) is 0 Å². The summed E-state index contributed by atoms with van der Waals surface area (Å²) in [6, 6.07) is 7.80. The van der Waals surface area contributed by atoms with Gasteiger partial charge in [-0.25, -0.2) is 0 Å². The van der Waals surface area contributed by atoms with Gasteiger partial charge in [-0.05, 0) is 30.4 Å². The largest absolute Gasteiger partial charge is 0.399 e. The molecule has 16 heavy (non-hydrogen) atoms. The predicted molar refractivity (Wildman–Crippen MR) is 72.4 cm³/mol. The first-order valence-corrected chi connectivity index (χ1v) is 6.40. The van der Waals surface area contributed by atoms with Crippen LogP contribution < -0.4 is 5.73 Å². The minimum Gasteiger partial charge on any atom is -0.399 e. The molecule has 1 aromatic carbocycles. The van der Waals surface area contributed by atoms with Crippen LogP contribution in [0.1, 0.15) is 45.1 Å². The maximum Gasteiger partial charge on any atom is 0.0343 e. The van der Waals surface area contributed by atoms with Gasteiger partial charge in [-0.1, -0.05) is 57.7 Å². The van der Waals surface area contributed by atoms with Crippen molar-refractivity contribution in [1.29, 1.82) is 0 Å². The van der Waals surface area contributed by atoms with Crippen molar-refractivity contribution in [3.05, 3.63) is 29.8 Å². The van der Waals surface area contributed by atoms with Crippen LogP contribution in [-0.4, -0.2) is 0 Å². The van der Waals surface area contributed by atoms with Crippen LogP contribution in [-0.2, 0) is 0 Å². The number of hydrogen-bond acceptors (Lipinski definition) is 1. The second kappa shape index (κ2) is 6.57. The lowest BCUT2D eigenvalue weighted by Crippen LogP contribution is -2.08. The number of para-hydroxylation sites is 1. The number of anilines is 1. The number of aryl methyl sites for hydroxylation is 1. The molecule has 1 aliphatic carbocycles. The number of rotatable bonds is 0. The molecule has 1 aliphatic rings. The second-order valence-electron chi connectivity index (χ2n) is 5.22. The number of hydrogen-bond donors (Lipinski definition) is 1. The molecule has 1 nitrogen and oxygen atoms in total. The van der Waals surface area contributed by atoms with Crippen LogP contribution in [0.3, 0.4) is 0 Å². The summed E-state index contributed by atoms with van der Waals surface area (Å²) in [6.45, 7) is 6.73. The lowest BCUT2D eigenvalue weighted by Gasteiger charge is -2.22. The number of benzene rings is 1. The average molecular weight is 219 g/mol. The minimum atomic E-state index is 0.868. The molecule has 0 aromatic heterocycles. The molecule has 0 saturated heterocycles. The summed E-state index contributed by atoms with van der Waals surface area (Å²) >= 11 is 0. The zero-order chi connectivity index (χ0) is 12.0. The number of nitrogen functional groups attached to an aromatic ring is 1. The van der Waals surface area contributed by atoms with E-state index in [4.69, 9.17) is 5.73 Å². The highest BCUT2D eigenvalue weighted by Crippen LogP contribution is 2.27. The molecule has 2 rings (SSSR count). The highest BCUT2D eigenvalue weighted by Gasteiger charge is 2.13. The SMILES string of the molecule is CC1CCC(C)CC1.Cc1ccccc1N. The van der Waals surface area contributed by atoms with Crippen LogP contribution in [0.25, 0.3) is 0 Å². The first kappa shape index (κ1) is 13.1. The van der Waals surface area contributed by atoms with E-state index in [-0.39, 0.29) is 0 Å². The Hall–Kier alpha value is -0.980. The van der Waals surface area contributed by atoms with Gasteiger partial charge in [0.15, 0.2) is 0 Å². The second-order valence-corrected chi connectivity index (χ2v) is 5.22. The summed E-state index contributed by atoms with van der Waals surface area (Å²) in [4.78, 5) is 0. The van der Waals surface area contributed by atoms with E-state index >= 15 is 0 Å². The normalized spacial score (nSPS) is 24.4. The van der Waals surface area contributed by atoms with E-state index in [1.807, 2.05) is 31.2 Å². The van der Waals surface area contributed by atoms with E-state index < -0.39 is 0 Å². The van der Waals surface area contributed by atoms with E-state index in [9.17, 15) is 0 Å². The summed E-state index contributed by atoms with van der Waals surface area (Å²) in [5, 5.41) is 0. The molecule has 1 saturated carbocycles. The molecule has 0 unspecified atom stereocenters. The van der Waals surface area contributed by atoms with Crippen molar-refractivity contribution in [1.82, 2.24) is 0 Å². The molecule has 0 atom stereocenters. The topological polar surface area (TPSA) is 26.0 Å². The quantitative estimate of drug-likeness (QED) is 0.643. The van der Waals surface area contributed by atoms with Crippen molar-refractivity contribution in [2.75, 3.05) is 5.73 Å². The van der Waals surface area contributed by atoms with Crippen LogP contribution in [0.15, 0.2) is 24.3 Å². The maximum atomic E-state index is 5.52. The van der Waals surface area contributed by atoms with Gasteiger partial charge in [-0.15, -0.1) is 0 Å². The van der Waals surface area contributed by atoms with E-state index in [2.05, 4.69) is 13.8 Å². The van der Waals surface area contributed by atoms with Crippen LogP contribution in [0.2, 0.25) is 0 Å². The Morgan fingerprint density at radius 3 is 1.69 bits per heavy atom. The molecule has 0 radical (unpaired) electrons. The fourth-order valence-electron chi connectivity index (χ4n) is 2.01. The predicted octanol–water partition coefficient (Wildman–Crippen LogP) is 4.41. The summed E-state index contributed by atoms with van der Waals surface area (Å²) in [7, 11) is 0. The summed E-state index contributed by atoms with van der Waals surface area (Å²) < 4.78 is 0. The van der Waals surface area contributed by atoms with Crippen molar-refractivity contribution < 1.29 is 0 Å². The van der Waals surface area contributed by atoms with Gasteiger partial charge in [0.2, 0.25) is 0 Å². The van der Waals surface area contributed by atoms with Crippen molar-refractivity contribution in [3.63, 3.8) is 0 Å². The molecular weight excluding hydrogens is 194 g/mol. The Balaban J connectivity index is 0.000000160. The van der Waals surface area contributed by atoms with Gasteiger partial charge in [-0.2, -0.15) is 0 Å². The lowest BCUT2D eigenvalue weighted by atomic mass is 9.84. The highest BCUT2D eigenvalue weighted by molar-refractivity contribution is 5.44. The van der Waals surface area contributed by atoms with Crippen LogP contribution in [0.4, 0.5) is 5.69 Å². The van der Waals surface area contributed by atoms with E-state index in [1.165, 1.54) is 25.7 Å². The van der Waals surface area contributed by atoms with E-state index in [0.29, 0.717) is 0 Å². The van der Waals surface area contributed by atoms with Crippen LogP contribution >= 0.6 is 0 Å². The van der Waals surface area contributed by atoms with E-state index in [0.717, 1.165) is 23.1 Å². The zero-order valence-electron chi connectivity index (χ0n) is 10.9. The van der Waals surface area contributed by atoms with Crippen molar-refractivity contribution in [2.24, 2.45) is 11.8 Å². The third kappa shape index (κ3) is 4.69. The summed E-state index contributed by atoms with van der Waals surface area (Å²) in [5.41, 5.74) is 7.53. The first-order valence-electron chi connectivity index (χ1n) is 6.40. The van der Waals surface area contributed by atoms with E-state index in [1.54, 1.807) is 0 Å². The Kier molecular flexibility index (Phi) is 5.37. The molecule has 1 aromatic rings. The molecular formula is C15H25N. The maximum absolute atomic E-state index is 5.52. The lowest BCUT2D eigenvalue weighted by molar-refractivity contribution is 0.308. The first-order chi connectivity index (χ1) is 7.59. The van der Waals surface area contributed by atoms with Gasteiger partial charge < -0.3 is 5.73 Å².